The van der Waals surface area contributed by atoms with Crippen molar-refractivity contribution in [2.75, 3.05) is 4.90 Å². The van der Waals surface area contributed by atoms with Crippen LogP contribution < -0.4 is 4.90 Å². The summed E-state index contributed by atoms with van der Waals surface area (Å²) < 4.78 is 0. The predicted molar refractivity (Wildman–Crippen MR) is 66.2 cm³/mol. The Morgan fingerprint density at radius 1 is 1.00 bits per heavy atom. The molecule has 0 spiro atoms. The quantitative estimate of drug-likeness (QED) is 0.750. The number of fused-ring (bicyclic) bond motifs is 1. The first-order chi connectivity index (χ1) is 8.77. The van der Waals surface area contributed by atoms with Crippen molar-refractivity contribution in [1.82, 2.24) is 4.98 Å². The van der Waals surface area contributed by atoms with Crippen LogP contribution >= 0.6 is 0 Å². The van der Waals surface area contributed by atoms with Crippen molar-refractivity contribution < 1.29 is 9.59 Å². The highest BCUT2D eigenvalue weighted by Crippen LogP contribution is 2.29. The number of anilines is 1. The number of pyridine rings is 1. The fourth-order valence-electron chi connectivity index (χ4n) is 2.06. The summed E-state index contributed by atoms with van der Waals surface area (Å²) in [6, 6.07) is 12.5. The molecule has 18 heavy (non-hydrogen) atoms. The van der Waals surface area contributed by atoms with Gasteiger partial charge in [0.05, 0.1) is 23.5 Å². The van der Waals surface area contributed by atoms with Crippen molar-refractivity contribution >= 4 is 17.4 Å². The van der Waals surface area contributed by atoms with Crippen LogP contribution in [0.25, 0.3) is 0 Å². The minimum atomic E-state index is -0.484. The third kappa shape index (κ3) is 1.59. The largest absolute Gasteiger partial charge is 0.299 e. The number of ketones is 1. The Morgan fingerprint density at radius 3 is 2.56 bits per heavy atom. The molecule has 1 aliphatic heterocycles. The van der Waals surface area contributed by atoms with E-state index in [0.29, 0.717) is 17.8 Å². The Morgan fingerprint density at radius 2 is 1.78 bits per heavy atom. The molecule has 0 radical (unpaired) electrons. The van der Waals surface area contributed by atoms with E-state index in [0.717, 1.165) is 5.69 Å². The lowest BCUT2D eigenvalue weighted by Crippen LogP contribution is -2.29. The van der Waals surface area contributed by atoms with Gasteiger partial charge >= 0.3 is 0 Å². The van der Waals surface area contributed by atoms with Crippen molar-refractivity contribution in [1.29, 1.82) is 0 Å². The number of amides is 1. The summed E-state index contributed by atoms with van der Waals surface area (Å²) in [4.78, 5) is 29.3. The summed E-state index contributed by atoms with van der Waals surface area (Å²) in [5, 5.41) is 0. The van der Waals surface area contributed by atoms with Crippen molar-refractivity contribution in [2.24, 2.45) is 0 Å². The smallest absolute Gasteiger partial charge is 0.299 e. The second kappa shape index (κ2) is 4.07. The first kappa shape index (κ1) is 10.7. The second-order valence-corrected chi connectivity index (χ2v) is 4.06. The zero-order chi connectivity index (χ0) is 12.5. The van der Waals surface area contributed by atoms with Gasteiger partial charge in [0.1, 0.15) is 0 Å². The lowest BCUT2D eigenvalue weighted by Gasteiger charge is -2.15. The number of para-hydroxylation sites is 1. The van der Waals surface area contributed by atoms with Gasteiger partial charge in [0.25, 0.3) is 11.7 Å². The standard InChI is InChI=1S/C14H10N2O2/c17-13-11-6-1-2-7-12(11)16(14(13)18)9-10-5-3-4-8-15-10/h1-8H,9H2. The van der Waals surface area contributed by atoms with Crippen molar-refractivity contribution in [3.8, 4) is 0 Å². The zero-order valence-corrected chi connectivity index (χ0v) is 9.54. The molecular weight excluding hydrogens is 228 g/mol. The van der Waals surface area contributed by atoms with E-state index in [4.69, 9.17) is 0 Å². The molecule has 1 aromatic carbocycles. The number of hydrogen-bond acceptors (Lipinski definition) is 3. The van der Waals surface area contributed by atoms with E-state index in [1.807, 2.05) is 24.3 Å². The van der Waals surface area contributed by atoms with Crippen LogP contribution in [0.5, 0.6) is 0 Å². The van der Waals surface area contributed by atoms with E-state index in [1.54, 1.807) is 24.4 Å². The molecule has 3 rings (SSSR count). The number of nitrogens with zero attached hydrogens (tertiary/aromatic N) is 2. The Bertz CT molecular complexity index is 623. The molecule has 4 nitrogen and oxygen atoms in total. The number of rotatable bonds is 2. The first-order valence-electron chi connectivity index (χ1n) is 5.62. The normalized spacial score (nSPS) is 13.9. The summed E-state index contributed by atoms with van der Waals surface area (Å²) in [6.45, 7) is 0.322. The zero-order valence-electron chi connectivity index (χ0n) is 9.54. The molecule has 2 heterocycles. The molecule has 0 bridgehead atoms. The SMILES string of the molecule is O=C1C(=O)N(Cc2ccccn2)c2ccccc21. The van der Waals surface area contributed by atoms with E-state index >= 15 is 0 Å². The third-order valence-electron chi connectivity index (χ3n) is 2.93. The number of carbonyl (C=O) groups excluding carboxylic acids is 2. The second-order valence-electron chi connectivity index (χ2n) is 4.06. The van der Waals surface area contributed by atoms with Gasteiger partial charge in [-0.1, -0.05) is 18.2 Å². The molecule has 1 amide bonds. The van der Waals surface area contributed by atoms with Gasteiger partial charge < -0.3 is 0 Å². The number of aromatic nitrogens is 1. The molecule has 4 heteroatoms. The molecule has 0 N–H and O–H groups in total. The van der Waals surface area contributed by atoms with Gasteiger partial charge in [-0.15, -0.1) is 0 Å². The Balaban J connectivity index is 1.99. The Kier molecular flexibility index (Phi) is 2.41. The molecule has 0 aliphatic carbocycles. The van der Waals surface area contributed by atoms with E-state index in [2.05, 4.69) is 4.98 Å². The minimum Gasteiger partial charge on any atom is -0.299 e. The number of hydrogen-bond donors (Lipinski definition) is 0. The van der Waals surface area contributed by atoms with Crippen LogP contribution in [0.4, 0.5) is 5.69 Å². The van der Waals surface area contributed by atoms with Gasteiger partial charge in [-0.3, -0.25) is 19.5 Å². The number of carbonyl (C=O) groups is 2. The van der Waals surface area contributed by atoms with Gasteiger partial charge in [0, 0.05) is 6.20 Å². The molecule has 88 valence electrons. The van der Waals surface area contributed by atoms with Crippen LogP contribution in [0, 0.1) is 0 Å². The van der Waals surface area contributed by atoms with Crippen LogP contribution in [0.15, 0.2) is 48.7 Å². The minimum absolute atomic E-state index is 0.322. The Hall–Kier alpha value is -2.49. The maximum atomic E-state index is 11.9. The highest BCUT2D eigenvalue weighted by atomic mass is 16.2. The highest BCUT2D eigenvalue weighted by molar-refractivity contribution is 6.52. The fraction of sp³-hybridized carbons (Fsp3) is 0.0714. The third-order valence-corrected chi connectivity index (χ3v) is 2.93. The van der Waals surface area contributed by atoms with Crippen molar-refractivity contribution in [2.45, 2.75) is 6.54 Å². The molecule has 0 saturated heterocycles. The Labute approximate surface area is 104 Å². The maximum Gasteiger partial charge on any atom is 0.299 e. The van der Waals surface area contributed by atoms with Gasteiger partial charge in [0.2, 0.25) is 0 Å². The van der Waals surface area contributed by atoms with Crippen LogP contribution in [-0.4, -0.2) is 16.7 Å². The monoisotopic (exact) mass is 238 g/mol. The van der Waals surface area contributed by atoms with Gasteiger partial charge in [-0.2, -0.15) is 0 Å². The average Bonchev–Trinajstić information content (AvgIpc) is 2.66. The summed E-state index contributed by atoms with van der Waals surface area (Å²) in [6.07, 6.45) is 1.67. The summed E-state index contributed by atoms with van der Waals surface area (Å²) in [5.41, 5.74) is 1.90. The van der Waals surface area contributed by atoms with Crippen molar-refractivity contribution in [3.63, 3.8) is 0 Å². The van der Waals surface area contributed by atoms with E-state index < -0.39 is 11.7 Å². The van der Waals surface area contributed by atoms with E-state index in [-0.39, 0.29) is 0 Å². The number of Topliss-reactive ketones (excluding diaryl/α,β-unsaturated/α-hetero) is 1. The molecular formula is C14H10N2O2. The lowest BCUT2D eigenvalue weighted by atomic mass is 10.1. The molecule has 1 aromatic heterocycles. The molecule has 0 saturated carbocycles. The average molecular weight is 238 g/mol. The molecule has 2 aromatic rings. The summed E-state index contributed by atoms with van der Waals surface area (Å²) >= 11 is 0. The van der Waals surface area contributed by atoms with Gasteiger partial charge in [-0.25, -0.2) is 0 Å². The molecule has 1 aliphatic rings. The van der Waals surface area contributed by atoms with E-state index in [9.17, 15) is 9.59 Å². The fourth-order valence-corrected chi connectivity index (χ4v) is 2.06. The maximum absolute atomic E-state index is 11.9. The van der Waals surface area contributed by atoms with Gasteiger partial charge in [-0.05, 0) is 24.3 Å². The summed E-state index contributed by atoms with van der Waals surface area (Å²) in [7, 11) is 0. The lowest BCUT2D eigenvalue weighted by molar-refractivity contribution is -0.114. The van der Waals surface area contributed by atoms with Gasteiger partial charge in [0.15, 0.2) is 0 Å². The van der Waals surface area contributed by atoms with E-state index in [1.165, 1.54) is 4.90 Å². The summed E-state index contributed by atoms with van der Waals surface area (Å²) in [5.74, 6) is -0.927. The van der Waals surface area contributed by atoms with Crippen LogP contribution in [0.1, 0.15) is 16.1 Å². The highest BCUT2D eigenvalue weighted by Gasteiger charge is 2.35. The topological polar surface area (TPSA) is 50.3 Å². The van der Waals surface area contributed by atoms with Crippen molar-refractivity contribution in [3.05, 3.63) is 59.9 Å². The number of benzene rings is 1. The molecule has 0 unspecified atom stereocenters. The predicted octanol–water partition coefficient (Wildman–Crippen LogP) is 1.81. The first-order valence-corrected chi connectivity index (χ1v) is 5.62. The molecule has 0 atom stereocenters. The van der Waals surface area contributed by atoms with Crippen LogP contribution in [-0.2, 0) is 11.3 Å². The van der Waals surface area contributed by atoms with Crippen LogP contribution in [0.2, 0.25) is 0 Å². The van der Waals surface area contributed by atoms with Crippen LogP contribution in [0.3, 0.4) is 0 Å². The molecule has 0 fully saturated rings.